The lowest BCUT2D eigenvalue weighted by Crippen LogP contribution is -2.44. The fraction of sp³-hybridized carbons (Fsp3) is 0.688. The molecule has 0 radical (unpaired) electrons. The van der Waals surface area contributed by atoms with Crippen LogP contribution in [-0.2, 0) is 11.3 Å². The lowest BCUT2D eigenvalue weighted by Gasteiger charge is -2.34. The standard InChI is InChI=1S/C16H24N2OS2/c19-16(18-6-9-20-10-7-18)14-1-3-15(4-2-14)17-11-13-5-8-21-12-13/h5,8,12,14-15,17H,1-4,6-7,9-11H2. The first kappa shape index (κ1) is 15.4. The Morgan fingerprint density at radius 3 is 2.67 bits per heavy atom. The third-order valence-electron chi connectivity index (χ3n) is 4.57. The molecule has 1 aromatic heterocycles. The highest BCUT2D eigenvalue weighted by Gasteiger charge is 2.29. The van der Waals surface area contributed by atoms with Gasteiger partial charge in [-0.2, -0.15) is 23.1 Å². The highest BCUT2D eigenvalue weighted by atomic mass is 32.2. The van der Waals surface area contributed by atoms with Crippen LogP contribution in [0.2, 0.25) is 0 Å². The Kier molecular flexibility index (Phi) is 5.61. The average molecular weight is 325 g/mol. The number of thiophene rings is 1. The summed E-state index contributed by atoms with van der Waals surface area (Å²) < 4.78 is 0. The Hall–Kier alpha value is -0.520. The van der Waals surface area contributed by atoms with Crippen molar-refractivity contribution in [3.8, 4) is 0 Å². The molecule has 116 valence electrons. The maximum absolute atomic E-state index is 12.5. The molecule has 1 N–H and O–H groups in total. The second-order valence-corrected chi connectivity index (χ2v) is 8.00. The third kappa shape index (κ3) is 4.24. The van der Waals surface area contributed by atoms with E-state index >= 15 is 0 Å². The predicted octanol–water partition coefficient (Wildman–Crippen LogP) is 2.97. The molecule has 0 bridgehead atoms. The van der Waals surface area contributed by atoms with E-state index in [9.17, 15) is 4.79 Å². The van der Waals surface area contributed by atoms with Gasteiger partial charge in [0.2, 0.25) is 5.91 Å². The molecule has 2 aliphatic rings. The van der Waals surface area contributed by atoms with E-state index in [1.807, 2.05) is 11.8 Å². The number of hydrogen-bond acceptors (Lipinski definition) is 4. The summed E-state index contributed by atoms with van der Waals surface area (Å²) in [5, 5.41) is 7.97. The van der Waals surface area contributed by atoms with Crippen molar-refractivity contribution in [2.45, 2.75) is 38.3 Å². The molecule has 1 saturated heterocycles. The van der Waals surface area contributed by atoms with Crippen molar-refractivity contribution >= 4 is 29.0 Å². The Balaban J connectivity index is 1.41. The SMILES string of the molecule is O=C(C1CCC(NCc2ccsc2)CC1)N1CCSCC1. The van der Waals surface area contributed by atoms with Gasteiger partial charge in [0.05, 0.1) is 0 Å². The largest absolute Gasteiger partial charge is 0.341 e. The normalized spacial score (nSPS) is 26.8. The van der Waals surface area contributed by atoms with Crippen molar-refractivity contribution in [3.63, 3.8) is 0 Å². The van der Waals surface area contributed by atoms with Crippen LogP contribution in [0, 0.1) is 5.92 Å². The van der Waals surface area contributed by atoms with Crippen LogP contribution in [0.25, 0.3) is 0 Å². The van der Waals surface area contributed by atoms with Crippen LogP contribution in [0.1, 0.15) is 31.2 Å². The molecule has 5 heteroatoms. The van der Waals surface area contributed by atoms with Crippen molar-refractivity contribution in [2.24, 2.45) is 5.92 Å². The average Bonchev–Trinajstić information content (AvgIpc) is 3.07. The summed E-state index contributed by atoms with van der Waals surface area (Å²) in [5.41, 5.74) is 1.38. The van der Waals surface area contributed by atoms with Gasteiger partial charge in [0.1, 0.15) is 0 Å². The molecule has 2 heterocycles. The van der Waals surface area contributed by atoms with Gasteiger partial charge in [0.15, 0.2) is 0 Å². The number of carbonyl (C=O) groups is 1. The van der Waals surface area contributed by atoms with E-state index in [1.54, 1.807) is 11.3 Å². The minimum Gasteiger partial charge on any atom is -0.341 e. The van der Waals surface area contributed by atoms with Crippen LogP contribution in [0.3, 0.4) is 0 Å². The van der Waals surface area contributed by atoms with Gasteiger partial charge in [0.25, 0.3) is 0 Å². The smallest absolute Gasteiger partial charge is 0.225 e. The molecule has 3 rings (SSSR count). The lowest BCUT2D eigenvalue weighted by molar-refractivity contribution is -0.136. The van der Waals surface area contributed by atoms with Gasteiger partial charge in [-0.05, 0) is 48.1 Å². The van der Waals surface area contributed by atoms with Crippen molar-refractivity contribution in [1.82, 2.24) is 10.2 Å². The van der Waals surface area contributed by atoms with E-state index in [0.717, 1.165) is 56.8 Å². The Bertz CT molecular complexity index is 435. The zero-order valence-corrected chi connectivity index (χ0v) is 14.1. The van der Waals surface area contributed by atoms with Gasteiger partial charge >= 0.3 is 0 Å². The summed E-state index contributed by atoms with van der Waals surface area (Å²) >= 11 is 3.72. The summed E-state index contributed by atoms with van der Waals surface area (Å²) in [6, 6.07) is 2.77. The third-order valence-corrected chi connectivity index (χ3v) is 6.25. The van der Waals surface area contributed by atoms with Crippen LogP contribution < -0.4 is 5.32 Å². The predicted molar refractivity (Wildman–Crippen MR) is 90.8 cm³/mol. The molecule has 1 amide bonds. The molecular formula is C16H24N2OS2. The number of nitrogens with one attached hydrogen (secondary N) is 1. The summed E-state index contributed by atoms with van der Waals surface area (Å²) in [4.78, 5) is 14.6. The van der Waals surface area contributed by atoms with Gasteiger partial charge in [-0.15, -0.1) is 0 Å². The molecule has 1 aliphatic heterocycles. The monoisotopic (exact) mass is 324 g/mol. The first-order valence-corrected chi connectivity index (χ1v) is 10.0. The van der Waals surface area contributed by atoms with Gasteiger partial charge in [-0.3, -0.25) is 4.79 Å². The van der Waals surface area contributed by atoms with Gasteiger partial charge in [-0.1, -0.05) is 0 Å². The van der Waals surface area contributed by atoms with Gasteiger partial charge in [0, 0.05) is 43.1 Å². The van der Waals surface area contributed by atoms with Crippen LogP contribution in [0.5, 0.6) is 0 Å². The Morgan fingerprint density at radius 2 is 2.00 bits per heavy atom. The molecule has 0 aromatic carbocycles. The number of carbonyl (C=O) groups excluding carboxylic acids is 1. The maximum Gasteiger partial charge on any atom is 0.225 e. The molecule has 1 aromatic rings. The first-order chi connectivity index (χ1) is 10.3. The van der Waals surface area contributed by atoms with E-state index in [1.165, 1.54) is 5.56 Å². The minimum absolute atomic E-state index is 0.285. The maximum atomic E-state index is 12.5. The molecule has 3 nitrogen and oxygen atoms in total. The van der Waals surface area contributed by atoms with Crippen LogP contribution in [-0.4, -0.2) is 41.4 Å². The number of hydrogen-bond donors (Lipinski definition) is 1. The molecule has 0 spiro atoms. The van der Waals surface area contributed by atoms with Crippen molar-refractivity contribution in [2.75, 3.05) is 24.6 Å². The number of amides is 1. The molecule has 1 saturated carbocycles. The highest BCUT2D eigenvalue weighted by Crippen LogP contribution is 2.27. The summed E-state index contributed by atoms with van der Waals surface area (Å²) in [6.07, 6.45) is 4.40. The van der Waals surface area contributed by atoms with Crippen LogP contribution in [0.4, 0.5) is 0 Å². The lowest BCUT2D eigenvalue weighted by atomic mass is 9.85. The van der Waals surface area contributed by atoms with E-state index < -0.39 is 0 Å². The zero-order valence-electron chi connectivity index (χ0n) is 12.4. The minimum atomic E-state index is 0.285. The first-order valence-electron chi connectivity index (χ1n) is 7.94. The van der Waals surface area contributed by atoms with Crippen molar-refractivity contribution < 1.29 is 4.79 Å². The number of nitrogens with zero attached hydrogens (tertiary/aromatic N) is 1. The van der Waals surface area contributed by atoms with E-state index in [4.69, 9.17) is 0 Å². The fourth-order valence-electron chi connectivity index (χ4n) is 3.24. The van der Waals surface area contributed by atoms with E-state index in [2.05, 4.69) is 27.0 Å². The topological polar surface area (TPSA) is 32.3 Å². The summed E-state index contributed by atoms with van der Waals surface area (Å²) in [5.74, 6) is 2.94. The van der Waals surface area contributed by atoms with E-state index in [0.29, 0.717) is 11.9 Å². The molecule has 21 heavy (non-hydrogen) atoms. The molecular weight excluding hydrogens is 300 g/mol. The highest BCUT2D eigenvalue weighted by molar-refractivity contribution is 7.99. The number of thioether (sulfide) groups is 1. The molecule has 1 aliphatic carbocycles. The second kappa shape index (κ2) is 7.65. The van der Waals surface area contributed by atoms with E-state index in [-0.39, 0.29) is 5.92 Å². The van der Waals surface area contributed by atoms with Crippen molar-refractivity contribution in [1.29, 1.82) is 0 Å². The molecule has 0 unspecified atom stereocenters. The van der Waals surface area contributed by atoms with Crippen molar-refractivity contribution in [3.05, 3.63) is 22.4 Å². The fourth-order valence-corrected chi connectivity index (χ4v) is 4.81. The molecule has 0 atom stereocenters. The summed E-state index contributed by atoms with van der Waals surface area (Å²) in [7, 11) is 0. The Labute approximate surface area is 135 Å². The van der Waals surface area contributed by atoms with Gasteiger partial charge in [-0.25, -0.2) is 0 Å². The van der Waals surface area contributed by atoms with Gasteiger partial charge < -0.3 is 10.2 Å². The van der Waals surface area contributed by atoms with Crippen LogP contribution in [0.15, 0.2) is 16.8 Å². The quantitative estimate of drug-likeness (QED) is 0.924. The van der Waals surface area contributed by atoms with Crippen LogP contribution >= 0.6 is 23.1 Å². The second-order valence-electron chi connectivity index (χ2n) is 6.00. The summed E-state index contributed by atoms with van der Waals surface area (Å²) in [6.45, 7) is 2.88. The zero-order chi connectivity index (χ0) is 14.5. The number of rotatable bonds is 4. The molecule has 2 fully saturated rings. The Morgan fingerprint density at radius 1 is 1.24 bits per heavy atom.